The van der Waals surface area contributed by atoms with Gasteiger partial charge in [-0.1, -0.05) is 26.8 Å². The topological polar surface area (TPSA) is 76.1 Å². The number of piperidine rings is 1. The van der Waals surface area contributed by atoms with E-state index in [0.717, 1.165) is 44.3 Å². The molecular formula is C25H40NO5. The Balaban J connectivity index is 1.79. The van der Waals surface area contributed by atoms with Crippen LogP contribution in [0, 0.1) is 36.0 Å². The van der Waals surface area contributed by atoms with Gasteiger partial charge in [0.05, 0.1) is 12.7 Å². The summed E-state index contributed by atoms with van der Waals surface area (Å²) in [6.45, 7) is 11.6. The van der Waals surface area contributed by atoms with E-state index in [1.165, 1.54) is 14.0 Å². The average molecular weight is 435 g/mol. The van der Waals surface area contributed by atoms with Gasteiger partial charge in [0.1, 0.15) is 12.1 Å². The average Bonchev–Trinajstić information content (AvgIpc) is 2.70. The summed E-state index contributed by atoms with van der Waals surface area (Å²) in [7, 11) is 1.47. The Bertz CT molecular complexity index is 706. The van der Waals surface area contributed by atoms with Crippen LogP contribution in [0.15, 0.2) is 11.6 Å². The van der Waals surface area contributed by atoms with Crippen molar-refractivity contribution in [3.05, 3.63) is 18.1 Å². The van der Waals surface area contributed by atoms with Crippen molar-refractivity contribution in [3.63, 3.8) is 0 Å². The van der Waals surface area contributed by atoms with Crippen LogP contribution in [0.4, 0.5) is 0 Å². The molecule has 8 atom stereocenters. The number of ether oxygens (including phenoxy) is 2. The highest BCUT2D eigenvalue weighted by atomic mass is 16.5. The summed E-state index contributed by atoms with van der Waals surface area (Å²) in [4.78, 5) is 26.2. The number of methoxy groups -OCH3 is 1. The highest BCUT2D eigenvalue weighted by molar-refractivity contribution is 5.75. The molecule has 2 fully saturated rings. The fourth-order valence-corrected chi connectivity index (χ4v) is 6.05. The molecule has 31 heavy (non-hydrogen) atoms. The second-order valence-corrected chi connectivity index (χ2v) is 10.3. The lowest BCUT2D eigenvalue weighted by atomic mass is 9.57. The lowest BCUT2D eigenvalue weighted by Crippen LogP contribution is -2.57. The number of likely N-dealkylation sites (tertiary alicyclic amines) is 1. The lowest BCUT2D eigenvalue weighted by molar-refractivity contribution is -0.151. The molecule has 1 unspecified atom stereocenters. The van der Waals surface area contributed by atoms with Crippen molar-refractivity contribution in [2.45, 2.75) is 78.0 Å². The van der Waals surface area contributed by atoms with Crippen LogP contribution >= 0.6 is 0 Å². The summed E-state index contributed by atoms with van der Waals surface area (Å²) in [6.07, 6.45) is 7.42. The Morgan fingerprint density at radius 3 is 2.65 bits per heavy atom. The van der Waals surface area contributed by atoms with E-state index in [1.807, 2.05) is 13.3 Å². The minimum Gasteiger partial charge on any atom is -0.468 e. The van der Waals surface area contributed by atoms with Gasteiger partial charge in [-0.3, -0.25) is 14.5 Å². The van der Waals surface area contributed by atoms with Crippen LogP contribution in [0.1, 0.15) is 60.3 Å². The first-order chi connectivity index (χ1) is 14.6. The molecule has 1 saturated heterocycles. The molecule has 3 aliphatic rings. The summed E-state index contributed by atoms with van der Waals surface area (Å²) < 4.78 is 10.6. The van der Waals surface area contributed by atoms with Gasteiger partial charge in [-0.05, 0) is 68.4 Å². The number of fused-ring (bicyclic) bond motifs is 1. The van der Waals surface area contributed by atoms with Gasteiger partial charge in [0.2, 0.25) is 0 Å². The minimum absolute atomic E-state index is 0.0154. The van der Waals surface area contributed by atoms with Crippen LogP contribution in [0.25, 0.3) is 0 Å². The molecule has 0 amide bonds. The fourth-order valence-electron chi connectivity index (χ4n) is 6.05. The van der Waals surface area contributed by atoms with Crippen molar-refractivity contribution in [3.8, 4) is 0 Å². The van der Waals surface area contributed by atoms with E-state index in [0.29, 0.717) is 17.8 Å². The van der Waals surface area contributed by atoms with Gasteiger partial charge in [-0.2, -0.15) is 0 Å². The van der Waals surface area contributed by atoms with Crippen molar-refractivity contribution in [1.29, 1.82) is 0 Å². The van der Waals surface area contributed by atoms with Crippen molar-refractivity contribution in [1.82, 2.24) is 4.90 Å². The highest BCUT2D eigenvalue weighted by Crippen LogP contribution is 2.51. The zero-order valence-electron chi connectivity index (χ0n) is 20.0. The Kier molecular flexibility index (Phi) is 7.52. The van der Waals surface area contributed by atoms with Crippen molar-refractivity contribution < 1.29 is 24.2 Å². The molecule has 1 N–H and O–H groups in total. The van der Waals surface area contributed by atoms with E-state index in [-0.39, 0.29) is 29.8 Å². The van der Waals surface area contributed by atoms with Crippen LogP contribution in [-0.2, 0) is 19.1 Å². The van der Waals surface area contributed by atoms with Crippen molar-refractivity contribution >= 4 is 11.9 Å². The number of hydrogen-bond donors (Lipinski definition) is 1. The first-order valence-corrected chi connectivity index (χ1v) is 11.8. The smallest absolute Gasteiger partial charge is 0.323 e. The molecule has 0 aromatic heterocycles. The van der Waals surface area contributed by atoms with Crippen molar-refractivity contribution in [2.24, 2.45) is 29.6 Å². The number of aliphatic hydroxyl groups is 1. The largest absolute Gasteiger partial charge is 0.468 e. The standard InChI is InChI=1S/C25H40NO5/c1-15-9-10-26(22(11-15)24(28)30-6)14-17(3)20-8-7-18(4)25(29)13-23(31-19(5)27)16(2)12-21(20)25/h12-13,15,17-18,20-23,29H,7-11,14H2,1-6H3/t15-,17?,18-,20+,21-,22+,23-,25-/m1/s1. The van der Waals surface area contributed by atoms with Gasteiger partial charge in [0, 0.05) is 25.8 Å². The maximum Gasteiger partial charge on any atom is 0.323 e. The van der Waals surface area contributed by atoms with Crippen LogP contribution in [-0.4, -0.2) is 59.9 Å². The summed E-state index contributed by atoms with van der Waals surface area (Å²) in [5.74, 6) is 0.736. The van der Waals surface area contributed by atoms with Gasteiger partial charge in [-0.15, -0.1) is 0 Å². The Morgan fingerprint density at radius 1 is 1.29 bits per heavy atom. The van der Waals surface area contributed by atoms with Crippen LogP contribution < -0.4 is 0 Å². The van der Waals surface area contributed by atoms with Gasteiger partial charge in [0.15, 0.2) is 0 Å². The van der Waals surface area contributed by atoms with Gasteiger partial charge >= 0.3 is 11.9 Å². The summed E-state index contributed by atoms with van der Waals surface area (Å²) in [5, 5.41) is 11.7. The monoisotopic (exact) mass is 434 g/mol. The molecule has 0 aromatic rings. The summed E-state index contributed by atoms with van der Waals surface area (Å²) in [6, 6.07) is -0.179. The Labute approximate surface area is 187 Å². The molecule has 6 nitrogen and oxygen atoms in total. The number of esters is 2. The number of carbonyl (C=O) groups is 2. The maximum absolute atomic E-state index is 12.4. The molecule has 3 rings (SSSR count). The Hall–Kier alpha value is -1.40. The number of hydrogen-bond acceptors (Lipinski definition) is 6. The van der Waals surface area contributed by atoms with Gasteiger partial charge < -0.3 is 14.6 Å². The van der Waals surface area contributed by atoms with E-state index in [2.05, 4.69) is 31.7 Å². The van der Waals surface area contributed by atoms with Gasteiger partial charge in [0.25, 0.3) is 0 Å². The first-order valence-electron chi connectivity index (χ1n) is 11.8. The zero-order chi connectivity index (χ0) is 22.9. The third-order valence-corrected chi connectivity index (χ3v) is 8.02. The molecule has 0 aromatic carbocycles. The molecule has 1 radical (unpaired) electrons. The molecule has 1 heterocycles. The van der Waals surface area contributed by atoms with E-state index in [9.17, 15) is 14.7 Å². The quantitative estimate of drug-likeness (QED) is 0.528. The highest BCUT2D eigenvalue weighted by Gasteiger charge is 2.53. The molecule has 175 valence electrons. The Morgan fingerprint density at radius 2 is 2.00 bits per heavy atom. The summed E-state index contributed by atoms with van der Waals surface area (Å²) in [5.41, 5.74) is -0.00924. The zero-order valence-corrected chi connectivity index (χ0v) is 20.0. The molecular weight excluding hydrogens is 394 g/mol. The number of rotatable bonds is 5. The molecule has 0 bridgehead atoms. The van der Waals surface area contributed by atoms with Gasteiger partial charge in [-0.25, -0.2) is 0 Å². The molecule has 0 spiro atoms. The predicted octanol–water partition coefficient (Wildman–Crippen LogP) is 3.39. The second-order valence-electron chi connectivity index (χ2n) is 10.3. The van der Waals surface area contributed by atoms with Crippen LogP contribution in [0.5, 0.6) is 0 Å². The fraction of sp³-hybridized carbons (Fsp3) is 0.800. The first kappa shape index (κ1) is 24.2. The molecule has 1 saturated carbocycles. The van der Waals surface area contributed by atoms with E-state index in [4.69, 9.17) is 9.47 Å². The lowest BCUT2D eigenvalue weighted by Gasteiger charge is -2.53. The minimum atomic E-state index is -0.991. The summed E-state index contributed by atoms with van der Waals surface area (Å²) >= 11 is 0. The number of carbonyl (C=O) groups excluding carboxylic acids is 2. The second kappa shape index (κ2) is 9.62. The van der Waals surface area contributed by atoms with Crippen LogP contribution in [0.3, 0.4) is 0 Å². The predicted molar refractivity (Wildman–Crippen MR) is 119 cm³/mol. The normalized spacial score (nSPS) is 39.8. The third kappa shape index (κ3) is 5.00. The molecule has 1 aliphatic heterocycles. The number of nitrogens with zero attached hydrogens (tertiary/aromatic N) is 1. The third-order valence-electron chi connectivity index (χ3n) is 8.02. The van der Waals surface area contributed by atoms with Crippen molar-refractivity contribution in [2.75, 3.05) is 20.2 Å². The van der Waals surface area contributed by atoms with E-state index in [1.54, 1.807) is 0 Å². The van der Waals surface area contributed by atoms with E-state index >= 15 is 0 Å². The SMILES string of the molecule is COC(=O)[C@@H]1C[C@H](C)CCN1CC(C)[C@@H]1CC[C@@H](C)[C@]2(O)[CH][C@@H](OC(C)=O)C(C)=C[C@H]12. The van der Waals surface area contributed by atoms with Crippen LogP contribution in [0.2, 0.25) is 0 Å². The molecule has 6 heteroatoms. The molecule has 2 aliphatic carbocycles. The van der Waals surface area contributed by atoms with E-state index < -0.39 is 11.7 Å². The maximum atomic E-state index is 12.4.